The molecule has 68 valence electrons. The Balaban J connectivity index is 2.99. The average molecular weight is 199 g/mol. The smallest absolute Gasteiger partial charge is 0.386 e. The van der Waals surface area contributed by atoms with Crippen molar-refractivity contribution in [1.82, 2.24) is 0 Å². The third kappa shape index (κ3) is 1.36. The third-order valence-electron chi connectivity index (χ3n) is 1.61. The molecule has 0 radical (unpaired) electrons. The first-order valence-electron chi connectivity index (χ1n) is 3.17. The highest BCUT2D eigenvalue weighted by atomic mass is 35.5. The Labute approximate surface area is 72.1 Å². The van der Waals surface area contributed by atoms with Gasteiger partial charge in [-0.2, -0.15) is 13.2 Å². The molecular formula is C7H6ClF3O. The number of halogens is 4. The molecule has 2 atom stereocenters. The van der Waals surface area contributed by atoms with E-state index in [1.165, 1.54) is 6.08 Å². The molecule has 2 unspecified atom stereocenters. The molecule has 1 aliphatic rings. The van der Waals surface area contributed by atoms with Crippen LogP contribution in [0.2, 0.25) is 0 Å². The minimum Gasteiger partial charge on any atom is -0.386 e. The molecule has 0 amide bonds. The molecule has 0 aromatic rings. The van der Waals surface area contributed by atoms with Gasteiger partial charge in [-0.15, -0.1) is 11.6 Å². The largest absolute Gasteiger partial charge is 0.413 e. The summed E-state index contributed by atoms with van der Waals surface area (Å²) in [4.78, 5) is -2.66. The lowest BCUT2D eigenvalue weighted by Gasteiger charge is -2.30. The van der Waals surface area contributed by atoms with Crippen LogP contribution in [0.5, 0.6) is 0 Å². The Morgan fingerprint density at radius 1 is 1.33 bits per heavy atom. The van der Waals surface area contributed by atoms with Crippen molar-refractivity contribution in [1.29, 1.82) is 0 Å². The minimum atomic E-state index is -4.64. The fourth-order valence-corrected chi connectivity index (χ4v) is 1.01. The summed E-state index contributed by atoms with van der Waals surface area (Å²) in [5.41, 5.74) is 0. The first-order chi connectivity index (χ1) is 5.38. The fraction of sp³-hybridized carbons (Fsp3) is 0.429. The van der Waals surface area contributed by atoms with Crippen molar-refractivity contribution >= 4 is 11.6 Å². The molecule has 0 bridgehead atoms. The van der Waals surface area contributed by atoms with E-state index in [1.807, 2.05) is 0 Å². The number of aliphatic hydroxyl groups is 1. The van der Waals surface area contributed by atoms with Crippen LogP contribution in [-0.2, 0) is 0 Å². The average Bonchev–Trinajstić information content (AvgIpc) is 1.93. The second-order valence-electron chi connectivity index (χ2n) is 2.45. The molecule has 0 fully saturated rings. The zero-order chi connectivity index (χ0) is 9.41. The Bertz CT molecular complexity index is 233. The highest BCUT2D eigenvalue weighted by molar-refractivity contribution is 6.26. The van der Waals surface area contributed by atoms with Crippen molar-refractivity contribution in [3.8, 4) is 0 Å². The lowest BCUT2D eigenvalue weighted by atomic mass is 9.96. The van der Waals surface area contributed by atoms with E-state index in [0.717, 1.165) is 18.2 Å². The molecule has 1 nitrogen and oxygen atoms in total. The van der Waals surface area contributed by atoms with Crippen LogP contribution in [0.25, 0.3) is 0 Å². The van der Waals surface area contributed by atoms with Crippen molar-refractivity contribution in [3.05, 3.63) is 24.3 Å². The van der Waals surface area contributed by atoms with E-state index in [0.29, 0.717) is 0 Å². The van der Waals surface area contributed by atoms with Crippen molar-refractivity contribution in [2.24, 2.45) is 0 Å². The SMILES string of the molecule is OC1C=CC=CC1(Cl)C(F)(F)F. The van der Waals surface area contributed by atoms with Gasteiger partial charge >= 0.3 is 6.18 Å². The first-order valence-corrected chi connectivity index (χ1v) is 3.55. The lowest BCUT2D eigenvalue weighted by molar-refractivity contribution is -0.166. The van der Waals surface area contributed by atoms with E-state index in [2.05, 4.69) is 0 Å². The van der Waals surface area contributed by atoms with Gasteiger partial charge in [0.2, 0.25) is 0 Å². The number of hydrogen-bond donors (Lipinski definition) is 1. The summed E-state index contributed by atoms with van der Waals surface area (Å²) in [7, 11) is 0. The van der Waals surface area contributed by atoms with E-state index in [1.54, 1.807) is 0 Å². The van der Waals surface area contributed by atoms with Crippen molar-refractivity contribution in [2.45, 2.75) is 17.2 Å². The second-order valence-corrected chi connectivity index (χ2v) is 3.08. The summed E-state index contributed by atoms with van der Waals surface area (Å²) in [6, 6.07) is 0. The summed E-state index contributed by atoms with van der Waals surface area (Å²) >= 11 is 5.19. The summed E-state index contributed by atoms with van der Waals surface area (Å²) in [6.45, 7) is 0. The molecule has 0 heterocycles. The highest BCUT2D eigenvalue weighted by Gasteiger charge is 2.56. The van der Waals surface area contributed by atoms with Gasteiger partial charge in [-0.1, -0.05) is 24.3 Å². The Morgan fingerprint density at radius 2 is 1.92 bits per heavy atom. The lowest BCUT2D eigenvalue weighted by Crippen LogP contribution is -2.48. The molecule has 1 N–H and O–H groups in total. The molecule has 12 heavy (non-hydrogen) atoms. The minimum absolute atomic E-state index is 0.735. The number of alkyl halides is 4. The Hall–Kier alpha value is -0.480. The van der Waals surface area contributed by atoms with Crippen LogP contribution in [0.3, 0.4) is 0 Å². The molecule has 0 saturated carbocycles. The second kappa shape index (κ2) is 2.78. The van der Waals surface area contributed by atoms with Gasteiger partial charge in [-0.3, -0.25) is 0 Å². The van der Waals surface area contributed by atoms with Crippen LogP contribution in [0, 0.1) is 0 Å². The molecule has 5 heteroatoms. The number of aliphatic hydroxyl groups excluding tert-OH is 1. The van der Waals surface area contributed by atoms with Crippen LogP contribution >= 0.6 is 11.6 Å². The molecule has 0 aromatic heterocycles. The standard InChI is InChI=1S/C7H6ClF3O/c8-6(7(9,10)11)4-2-1-3-5(6)12/h1-5,12H. The van der Waals surface area contributed by atoms with Crippen LogP contribution in [-0.4, -0.2) is 22.3 Å². The fourth-order valence-electron chi connectivity index (χ4n) is 0.866. The molecule has 0 aliphatic heterocycles. The van der Waals surface area contributed by atoms with Crippen molar-refractivity contribution in [2.75, 3.05) is 0 Å². The van der Waals surface area contributed by atoms with Crippen LogP contribution in [0.1, 0.15) is 0 Å². The van der Waals surface area contributed by atoms with E-state index in [9.17, 15) is 13.2 Å². The van der Waals surface area contributed by atoms with Crippen LogP contribution < -0.4 is 0 Å². The topological polar surface area (TPSA) is 20.2 Å². The predicted molar refractivity (Wildman–Crippen MR) is 38.9 cm³/mol. The number of allylic oxidation sites excluding steroid dienone is 2. The Kier molecular flexibility index (Phi) is 2.23. The normalized spacial score (nSPS) is 35.6. The predicted octanol–water partition coefficient (Wildman–Crippen LogP) is 2.01. The quantitative estimate of drug-likeness (QED) is 0.591. The highest BCUT2D eigenvalue weighted by Crippen LogP contribution is 2.41. The molecule has 0 saturated heterocycles. The Morgan fingerprint density at radius 3 is 2.25 bits per heavy atom. The van der Waals surface area contributed by atoms with E-state index >= 15 is 0 Å². The molecule has 1 rings (SSSR count). The zero-order valence-corrected chi connectivity index (χ0v) is 6.60. The summed E-state index contributed by atoms with van der Waals surface area (Å²) < 4.78 is 36.6. The van der Waals surface area contributed by atoms with Gasteiger partial charge in [0.25, 0.3) is 0 Å². The van der Waals surface area contributed by atoms with Gasteiger partial charge in [-0.25, -0.2) is 0 Å². The van der Waals surface area contributed by atoms with Gasteiger partial charge in [0, 0.05) is 0 Å². The molecular weight excluding hydrogens is 193 g/mol. The van der Waals surface area contributed by atoms with Gasteiger partial charge in [0.15, 0.2) is 4.87 Å². The van der Waals surface area contributed by atoms with Crippen molar-refractivity contribution in [3.63, 3.8) is 0 Å². The van der Waals surface area contributed by atoms with E-state index in [-0.39, 0.29) is 0 Å². The maximum atomic E-state index is 12.2. The van der Waals surface area contributed by atoms with Crippen LogP contribution in [0.4, 0.5) is 13.2 Å². The van der Waals surface area contributed by atoms with E-state index < -0.39 is 17.2 Å². The van der Waals surface area contributed by atoms with E-state index in [4.69, 9.17) is 16.7 Å². The third-order valence-corrected chi connectivity index (χ3v) is 2.17. The van der Waals surface area contributed by atoms with Gasteiger partial charge in [0.05, 0.1) is 0 Å². The first kappa shape index (κ1) is 9.61. The number of hydrogen-bond acceptors (Lipinski definition) is 1. The molecule has 0 aromatic carbocycles. The molecule has 1 aliphatic carbocycles. The van der Waals surface area contributed by atoms with Gasteiger partial charge < -0.3 is 5.11 Å². The summed E-state index contributed by atoms with van der Waals surface area (Å²) in [5, 5.41) is 8.97. The zero-order valence-electron chi connectivity index (χ0n) is 5.85. The summed E-state index contributed by atoms with van der Waals surface area (Å²) in [5.74, 6) is 0. The maximum absolute atomic E-state index is 12.2. The van der Waals surface area contributed by atoms with Gasteiger partial charge in [0.1, 0.15) is 6.10 Å². The van der Waals surface area contributed by atoms with Crippen molar-refractivity contribution < 1.29 is 18.3 Å². The van der Waals surface area contributed by atoms with Gasteiger partial charge in [-0.05, 0) is 0 Å². The number of rotatable bonds is 0. The monoisotopic (exact) mass is 198 g/mol. The van der Waals surface area contributed by atoms with Crippen LogP contribution in [0.15, 0.2) is 24.3 Å². The summed E-state index contributed by atoms with van der Waals surface area (Å²) in [6.07, 6.45) is -2.15. The maximum Gasteiger partial charge on any atom is 0.413 e. The molecule has 0 spiro atoms.